The number of nitrogens with zero attached hydrogens (tertiary/aromatic N) is 4. The van der Waals surface area contributed by atoms with Crippen LogP contribution in [0, 0.1) is 0 Å². The van der Waals surface area contributed by atoms with Gasteiger partial charge in [-0.25, -0.2) is 4.98 Å². The number of nitrogens with one attached hydrogen (secondary N) is 1. The highest BCUT2D eigenvalue weighted by Crippen LogP contribution is 2.19. The summed E-state index contributed by atoms with van der Waals surface area (Å²) in [4.78, 5) is 22.8. The fourth-order valence-corrected chi connectivity index (χ4v) is 2.80. The predicted octanol–water partition coefficient (Wildman–Crippen LogP) is 3.64. The van der Waals surface area contributed by atoms with E-state index in [4.69, 9.17) is 4.74 Å². The highest BCUT2D eigenvalue weighted by Gasteiger charge is 2.05. The van der Waals surface area contributed by atoms with Crippen molar-refractivity contribution in [3.63, 3.8) is 0 Å². The fourth-order valence-electron chi connectivity index (χ4n) is 2.80. The molecule has 0 aliphatic rings. The molecule has 9 heteroatoms. The SMILES string of the molecule is CCN(CC)CCOc1ccc(Nc2ncc3ccc(=O)n(C)c3n2)cc1.Cl.Cl. The van der Waals surface area contributed by atoms with Gasteiger partial charge in [-0.1, -0.05) is 13.8 Å². The normalized spacial score (nSPS) is 10.3. The molecular weight excluding hydrogens is 413 g/mol. The quantitative estimate of drug-likeness (QED) is 0.577. The number of likely N-dealkylation sites (N-methyl/N-ethyl adjacent to an activating group) is 1. The topological polar surface area (TPSA) is 72.3 Å². The Hall–Kier alpha value is -2.35. The Labute approximate surface area is 182 Å². The van der Waals surface area contributed by atoms with Crippen LogP contribution in [-0.2, 0) is 7.05 Å². The van der Waals surface area contributed by atoms with Gasteiger partial charge in [0.2, 0.25) is 5.95 Å². The molecule has 0 radical (unpaired) electrons. The molecule has 7 nitrogen and oxygen atoms in total. The molecule has 3 aromatic rings. The average molecular weight is 440 g/mol. The van der Waals surface area contributed by atoms with Gasteiger partial charge in [0.25, 0.3) is 5.56 Å². The molecule has 29 heavy (non-hydrogen) atoms. The van der Waals surface area contributed by atoms with Crippen LogP contribution < -0.4 is 15.6 Å². The lowest BCUT2D eigenvalue weighted by atomic mass is 10.3. The number of halogens is 2. The lowest BCUT2D eigenvalue weighted by molar-refractivity contribution is 0.223. The Kier molecular flexibility index (Phi) is 9.88. The summed E-state index contributed by atoms with van der Waals surface area (Å²) in [6.07, 6.45) is 1.70. The van der Waals surface area contributed by atoms with Crippen molar-refractivity contribution in [1.29, 1.82) is 0 Å². The van der Waals surface area contributed by atoms with E-state index >= 15 is 0 Å². The van der Waals surface area contributed by atoms with Crippen LogP contribution in [0.1, 0.15) is 13.8 Å². The van der Waals surface area contributed by atoms with Gasteiger partial charge in [-0.15, -0.1) is 24.8 Å². The molecule has 0 bridgehead atoms. The number of aryl methyl sites for hydroxylation is 1. The van der Waals surface area contributed by atoms with Gasteiger partial charge in [0.15, 0.2) is 0 Å². The van der Waals surface area contributed by atoms with E-state index in [2.05, 4.69) is 34.0 Å². The highest BCUT2D eigenvalue weighted by atomic mass is 35.5. The Morgan fingerprint density at radius 2 is 1.76 bits per heavy atom. The van der Waals surface area contributed by atoms with E-state index in [1.807, 2.05) is 24.3 Å². The van der Waals surface area contributed by atoms with E-state index in [0.29, 0.717) is 18.2 Å². The van der Waals surface area contributed by atoms with Crippen molar-refractivity contribution in [3.8, 4) is 5.75 Å². The highest BCUT2D eigenvalue weighted by molar-refractivity contribution is 5.85. The maximum Gasteiger partial charge on any atom is 0.251 e. The summed E-state index contributed by atoms with van der Waals surface area (Å²) in [6, 6.07) is 10.9. The molecule has 0 fully saturated rings. The third-order valence-electron chi connectivity index (χ3n) is 4.53. The summed E-state index contributed by atoms with van der Waals surface area (Å²) in [5.74, 6) is 1.27. The van der Waals surface area contributed by atoms with Crippen LogP contribution in [0.5, 0.6) is 5.75 Å². The van der Waals surface area contributed by atoms with Crippen molar-refractivity contribution in [2.45, 2.75) is 13.8 Å². The minimum absolute atomic E-state index is 0. The lowest BCUT2D eigenvalue weighted by Gasteiger charge is -2.18. The Bertz CT molecular complexity index is 959. The van der Waals surface area contributed by atoms with Crippen LogP contribution >= 0.6 is 24.8 Å². The molecule has 0 amide bonds. The first-order chi connectivity index (χ1) is 13.1. The molecule has 158 valence electrons. The largest absolute Gasteiger partial charge is 0.492 e. The zero-order chi connectivity index (χ0) is 19.2. The number of rotatable bonds is 8. The van der Waals surface area contributed by atoms with Crippen molar-refractivity contribution in [2.75, 3.05) is 31.6 Å². The zero-order valence-electron chi connectivity index (χ0n) is 16.8. The van der Waals surface area contributed by atoms with Gasteiger partial charge < -0.3 is 15.0 Å². The summed E-state index contributed by atoms with van der Waals surface area (Å²) in [5, 5.41) is 3.98. The Morgan fingerprint density at radius 3 is 2.41 bits per heavy atom. The van der Waals surface area contributed by atoms with Crippen molar-refractivity contribution >= 4 is 47.5 Å². The van der Waals surface area contributed by atoms with Gasteiger partial charge in [0.05, 0.1) is 0 Å². The van der Waals surface area contributed by atoms with Gasteiger partial charge in [0, 0.05) is 36.9 Å². The third-order valence-corrected chi connectivity index (χ3v) is 4.53. The maximum absolute atomic E-state index is 11.8. The van der Waals surface area contributed by atoms with Crippen LogP contribution in [0.15, 0.2) is 47.4 Å². The summed E-state index contributed by atoms with van der Waals surface area (Å²) in [7, 11) is 1.70. The molecule has 0 saturated carbocycles. The molecule has 0 unspecified atom stereocenters. The van der Waals surface area contributed by atoms with Crippen LogP contribution in [-0.4, -0.2) is 45.7 Å². The second-order valence-corrected chi connectivity index (χ2v) is 6.23. The molecule has 1 N–H and O–H groups in total. The maximum atomic E-state index is 11.8. The van der Waals surface area contributed by atoms with Crippen LogP contribution in [0.3, 0.4) is 0 Å². The third kappa shape index (κ3) is 6.32. The van der Waals surface area contributed by atoms with E-state index in [0.717, 1.165) is 36.5 Å². The smallest absolute Gasteiger partial charge is 0.251 e. The molecule has 2 aromatic heterocycles. The van der Waals surface area contributed by atoms with Crippen molar-refractivity contribution in [2.24, 2.45) is 7.05 Å². The Balaban J connectivity index is 0.00000210. The number of hydrogen-bond donors (Lipinski definition) is 1. The van der Waals surface area contributed by atoms with Gasteiger partial charge in [0.1, 0.15) is 18.0 Å². The van der Waals surface area contributed by atoms with Crippen molar-refractivity contribution in [3.05, 3.63) is 52.9 Å². The minimum Gasteiger partial charge on any atom is -0.492 e. The number of aromatic nitrogens is 3. The predicted molar refractivity (Wildman–Crippen MR) is 122 cm³/mol. The van der Waals surface area contributed by atoms with E-state index < -0.39 is 0 Å². The number of fused-ring (bicyclic) bond motifs is 1. The number of pyridine rings is 1. The molecular formula is C20H27Cl2N5O2. The Morgan fingerprint density at radius 1 is 1.07 bits per heavy atom. The van der Waals surface area contributed by atoms with E-state index in [-0.39, 0.29) is 30.4 Å². The van der Waals surface area contributed by atoms with Crippen LogP contribution in [0.25, 0.3) is 11.0 Å². The molecule has 0 aliphatic carbocycles. The van der Waals surface area contributed by atoms with Gasteiger partial charge >= 0.3 is 0 Å². The molecule has 2 heterocycles. The molecule has 3 rings (SSSR count). The van der Waals surface area contributed by atoms with E-state index in [1.54, 1.807) is 19.3 Å². The number of hydrogen-bond acceptors (Lipinski definition) is 6. The molecule has 0 spiro atoms. The fraction of sp³-hybridized carbons (Fsp3) is 0.350. The van der Waals surface area contributed by atoms with Crippen LogP contribution in [0.4, 0.5) is 11.6 Å². The summed E-state index contributed by atoms with van der Waals surface area (Å²) in [5.41, 5.74) is 1.35. The van der Waals surface area contributed by atoms with Gasteiger partial charge in [-0.3, -0.25) is 9.36 Å². The molecule has 0 saturated heterocycles. The zero-order valence-corrected chi connectivity index (χ0v) is 18.4. The standard InChI is InChI=1S/C20H25N5O2.2ClH/c1-4-25(5-2)12-13-27-17-9-7-16(8-10-17)22-20-21-14-15-6-11-18(26)24(3)19(15)23-20;;/h6-11,14H,4-5,12-13H2,1-3H3,(H,21,22,23);2*1H. The van der Waals surface area contributed by atoms with Gasteiger partial charge in [-0.2, -0.15) is 4.98 Å². The first-order valence-corrected chi connectivity index (χ1v) is 9.15. The molecule has 0 atom stereocenters. The van der Waals surface area contributed by atoms with E-state index in [9.17, 15) is 4.79 Å². The summed E-state index contributed by atoms with van der Waals surface area (Å²) < 4.78 is 7.30. The number of ether oxygens (including phenoxy) is 1. The first kappa shape index (κ1) is 24.7. The molecule has 0 aliphatic heterocycles. The molecule has 1 aromatic carbocycles. The lowest BCUT2D eigenvalue weighted by Crippen LogP contribution is -2.27. The van der Waals surface area contributed by atoms with Crippen molar-refractivity contribution < 1.29 is 4.74 Å². The first-order valence-electron chi connectivity index (χ1n) is 9.15. The van der Waals surface area contributed by atoms with Crippen molar-refractivity contribution in [1.82, 2.24) is 19.4 Å². The minimum atomic E-state index is -0.0987. The summed E-state index contributed by atoms with van der Waals surface area (Å²) in [6.45, 7) is 7.93. The number of benzene rings is 1. The average Bonchev–Trinajstić information content (AvgIpc) is 2.70. The second kappa shape index (κ2) is 11.6. The second-order valence-electron chi connectivity index (χ2n) is 6.23. The van der Waals surface area contributed by atoms with Crippen LogP contribution in [0.2, 0.25) is 0 Å². The van der Waals surface area contributed by atoms with E-state index in [1.165, 1.54) is 10.6 Å². The number of anilines is 2. The monoisotopic (exact) mass is 439 g/mol. The van der Waals surface area contributed by atoms with Gasteiger partial charge in [-0.05, 0) is 43.4 Å². The summed E-state index contributed by atoms with van der Waals surface area (Å²) >= 11 is 0.